The summed E-state index contributed by atoms with van der Waals surface area (Å²) in [6.07, 6.45) is 3.86. The fraction of sp³-hybridized carbons (Fsp3) is 0.0556. The Morgan fingerprint density at radius 2 is 1.68 bits per heavy atom. The average Bonchev–Trinajstić information content (AvgIpc) is 2.53. The fourth-order valence-corrected chi connectivity index (χ4v) is 2.06. The van der Waals surface area contributed by atoms with Crippen LogP contribution in [0.5, 0.6) is 11.5 Å². The van der Waals surface area contributed by atoms with Crippen molar-refractivity contribution in [3.05, 3.63) is 65.9 Å². The number of halogens is 1. The van der Waals surface area contributed by atoms with Crippen LogP contribution < -0.4 is 17.1 Å². The van der Waals surface area contributed by atoms with Gasteiger partial charge in [-0.3, -0.25) is 0 Å². The largest absolute Gasteiger partial charge is 1.00 e. The molecule has 1 aromatic heterocycles. The Kier molecular flexibility index (Phi) is 5.02. The molecule has 0 radical (unpaired) electrons. The summed E-state index contributed by atoms with van der Waals surface area (Å²) in [5.74, 6) is 1.75. The van der Waals surface area contributed by atoms with Crippen molar-refractivity contribution in [2.75, 3.05) is 7.11 Å². The fourth-order valence-electron chi connectivity index (χ4n) is 2.06. The van der Waals surface area contributed by atoms with Crippen LogP contribution in [0.15, 0.2) is 59.0 Å². The van der Waals surface area contributed by atoms with E-state index in [-0.39, 0.29) is 18.2 Å². The molecule has 112 valence electrons. The van der Waals surface area contributed by atoms with Crippen molar-refractivity contribution < 1.29 is 26.7 Å². The summed E-state index contributed by atoms with van der Waals surface area (Å²) in [5, 5.41) is 10.4. The van der Waals surface area contributed by atoms with E-state index >= 15 is 0 Å². The minimum atomic E-state index is 0. The lowest BCUT2D eigenvalue weighted by Crippen LogP contribution is -3.00. The van der Waals surface area contributed by atoms with Gasteiger partial charge in [-0.05, 0) is 42.0 Å². The van der Waals surface area contributed by atoms with Crippen LogP contribution in [-0.2, 0) is 0 Å². The lowest BCUT2D eigenvalue weighted by molar-refractivity contribution is -0.00000598. The Hall–Kier alpha value is -2.52. The van der Waals surface area contributed by atoms with Crippen molar-refractivity contribution in [1.29, 1.82) is 0 Å². The summed E-state index contributed by atoms with van der Waals surface area (Å²) >= 11 is 0. The summed E-state index contributed by atoms with van der Waals surface area (Å²) in [5.41, 5.74) is 1.72. The van der Waals surface area contributed by atoms with Crippen molar-refractivity contribution in [3.63, 3.8) is 0 Å². The summed E-state index contributed by atoms with van der Waals surface area (Å²) in [4.78, 5) is 0. The molecule has 3 nitrogen and oxygen atoms in total. The second-order valence-corrected chi connectivity index (χ2v) is 4.67. The third-order valence-electron chi connectivity index (χ3n) is 3.21. The van der Waals surface area contributed by atoms with Crippen LogP contribution in [0, 0.1) is 0 Å². The van der Waals surface area contributed by atoms with Gasteiger partial charge in [-0.1, -0.05) is 12.1 Å². The van der Waals surface area contributed by atoms with Gasteiger partial charge in [-0.25, -0.2) is 4.42 Å². The number of hydrogen-bond acceptors (Lipinski definition) is 2. The molecule has 22 heavy (non-hydrogen) atoms. The summed E-state index contributed by atoms with van der Waals surface area (Å²) < 4.78 is 10.9. The van der Waals surface area contributed by atoms with E-state index in [0.717, 1.165) is 22.5 Å². The molecule has 1 heterocycles. The third kappa shape index (κ3) is 3.57. The first-order valence-corrected chi connectivity index (χ1v) is 6.62. The number of phenolic OH excluding ortho intramolecular Hbond substituents is 1. The van der Waals surface area contributed by atoms with Gasteiger partial charge in [0.05, 0.1) is 18.6 Å². The molecule has 2 aromatic carbocycles. The van der Waals surface area contributed by atoms with Crippen LogP contribution in [0.2, 0.25) is 0 Å². The van der Waals surface area contributed by atoms with Crippen molar-refractivity contribution >= 4 is 23.1 Å². The van der Waals surface area contributed by atoms with Crippen molar-refractivity contribution in [2.45, 2.75) is 0 Å². The molecule has 0 saturated heterocycles. The first kappa shape index (κ1) is 15.9. The molecule has 0 saturated carbocycles. The van der Waals surface area contributed by atoms with Gasteiger partial charge in [-0.15, -0.1) is 0 Å². The maximum atomic E-state index is 9.49. The maximum Gasteiger partial charge on any atom is 0.364 e. The molecule has 0 atom stereocenters. The highest BCUT2D eigenvalue weighted by molar-refractivity contribution is 5.79. The van der Waals surface area contributed by atoms with Gasteiger partial charge in [0, 0.05) is 12.1 Å². The monoisotopic (exact) mass is 314 g/mol. The number of aromatic hydroxyl groups is 1. The molecule has 0 bridgehead atoms. The quantitative estimate of drug-likeness (QED) is 0.747. The number of methoxy groups -OCH3 is 1. The minimum Gasteiger partial charge on any atom is -1.00 e. The van der Waals surface area contributed by atoms with Gasteiger partial charge >= 0.3 is 11.3 Å². The lowest BCUT2D eigenvalue weighted by Gasteiger charge is -1.98. The summed E-state index contributed by atoms with van der Waals surface area (Å²) in [6.45, 7) is 0. The maximum absolute atomic E-state index is 9.49. The lowest BCUT2D eigenvalue weighted by atomic mass is 10.2. The van der Waals surface area contributed by atoms with Crippen LogP contribution in [0.25, 0.3) is 23.1 Å². The van der Waals surface area contributed by atoms with Crippen LogP contribution >= 0.6 is 0 Å². The van der Waals surface area contributed by atoms with Crippen LogP contribution in [0.3, 0.4) is 0 Å². The smallest absolute Gasteiger partial charge is 0.364 e. The van der Waals surface area contributed by atoms with Gasteiger partial charge < -0.3 is 22.3 Å². The SMILES string of the molecule is COc1ccc(C=Cc2ccc3ccc(O)cc3[o+]2)cc1.[Cl-]. The van der Waals surface area contributed by atoms with Crippen molar-refractivity contribution in [3.8, 4) is 11.5 Å². The Morgan fingerprint density at radius 3 is 2.41 bits per heavy atom. The minimum absolute atomic E-state index is 0. The van der Waals surface area contributed by atoms with E-state index in [0.29, 0.717) is 5.58 Å². The molecular weight excluding hydrogens is 300 g/mol. The molecule has 1 N–H and O–H groups in total. The molecular formula is C18H15ClO3. The van der Waals surface area contributed by atoms with Crippen LogP contribution in [0.4, 0.5) is 0 Å². The molecule has 3 rings (SSSR count). The molecule has 0 spiro atoms. The zero-order valence-electron chi connectivity index (χ0n) is 12.0. The van der Waals surface area contributed by atoms with E-state index in [4.69, 9.17) is 9.15 Å². The first-order valence-electron chi connectivity index (χ1n) is 6.62. The highest BCUT2D eigenvalue weighted by Crippen LogP contribution is 2.22. The van der Waals surface area contributed by atoms with Gasteiger partial charge in [0.25, 0.3) is 0 Å². The highest BCUT2D eigenvalue weighted by Gasteiger charge is 2.10. The molecule has 0 aliphatic rings. The third-order valence-corrected chi connectivity index (χ3v) is 3.21. The topological polar surface area (TPSA) is 40.8 Å². The Labute approximate surface area is 134 Å². The van der Waals surface area contributed by atoms with Crippen molar-refractivity contribution in [2.24, 2.45) is 0 Å². The molecule has 0 fully saturated rings. The van der Waals surface area contributed by atoms with Crippen LogP contribution in [0.1, 0.15) is 11.3 Å². The standard InChI is InChI=1S/C18H14O3.ClH/c1-20-16-8-2-13(3-9-16)4-10-17-11-6-14-5-7-15(19)12-18(14)21-17;/h2-12H,1H3;1H. The number of rotatable bonds is 3. The number of fused-ring (bicyclic) bond motifs is 1. The number of phenols is 1. The Bertz CT molecular complexity index is 795. The van der Waals surface area contributed by atoms with Gasteiger partial charge in [0.1, 0.15) is 11.5 Å². The average molecular weight is 315 g/mol. The first-order chi connectivity index (χ1) is 10.2. The Morgan fingerprint density at radius 1 is 0.955 bits per heavy atom. The van der Waals surface area contributed by atoms with Gasteiger partial charge in [0.2, 0.25) is 0 Å². The predicted octanol–water partition coefficient (Wildman–Crippen LogP) is 1.60. The van der Waals surface area contributed by atoms with E-state index < -0.39 is 0 Å². The van der Waals surface area contributed by atoms with Crippen LogP contribution in [-0.4, -0.2) is 12.2 Å². The van der Waals surface area contributed by atoms with Gasteiger partial charge in [0.15, 0.2) is 0 Å². The number of benzene rings is 2. The molecule has 3 aromatic rings. The van der Waals surface area contributed by atoms with E-state index in [1.807, 2.05) is 54.6 Å². The van der Waals surface area contributed by atoms with Gasteiger partial charge in [-0.2, -0.15) is 0 Å². The molecule has 0 aliphatic heterocycles. The number of ether oxygens (including phenoxy) is 1. The number of hydrogen-bond donors (Lipinski definition) is 1. The van der Waals surface area contributed by atoms with Crippen molar-refractivity contribution in [1.82, 2.24) is 0 Å². The van der Waals surface area contributed by atoms with E-state index in [1.165, 1.54) is 0 Å². The summed E-state index contributed by atoms with van der Waals surface area (Å²) in [6, 6.07) is 16.7. The van der Waals surface area contributed by atoms with E-state index in [1.54, 1.807) is 19.2 Å². The molecule has 4 heteroatoms. The second kappa shape index (κ2) is 6.96. The second-order valence-electron chi connectivity index (χ2n) is 4.67. The molecule has 0 amide bonds. The normalized spacial score (nSPS) is 10.6. The zero-order valence-corrected chi connectivity index (χ0v) is 12.7. The predicted molar refractivity (Wildman–Crippen MR) is 84.2 cm³/mol. The van der Waals surface area contributed by atoms with E-state index in [2.05, 4.69) is 0 Å². The zero-order chi connectivity index (χ0) is 14.7. The Balaban J connectivity index is 0.00000176. The van der Waals surface area contributed by atoms with E-state index in [9.17, 15) is 5.11 Å². The molecule has 0 aliphatic carbocycles. The highest BCUT2D eigenvalue weighted by atomic mass is 35.5. The summed E-state index contributed by atoms with van der Waals surface area (Å²) in [7, 11) is 1.65. The molecule has 0 unspecified atom stereocenters.